The fourth-order valence-corrected chi connectivity index (χ4v) is 4.92. The standard InChI is InChI=1S/C24H20N2O3S2/c1-15-12-18(16(2)25(15)20-11-7-8-17(13-20)23(28)29-3)14-21-22(27)26(24(30)31-21)19-9-5-4-6-10-19/h4-14H,1-3H3/b21-14+. The van der Waals surface area contributed by atoms with Gasteiger partial charge in [0.2, 0.25) is 0 Å². The van der Waals surface area contributed by atoms with Gasteiger partial charge in [0.25, 0.3) is 5.91 Å². The molecule has 0 saturated carbocycles. The van der Waals surface area contributed by atoms with Crippen LogP contribution in [-0.4, -0.2) is 27.9 Å². The second-order valence-corrected chi connectivity index (χ2v) is 8.73. The number of anilines is 1. The van der Waals surface area contributed by atoms with Crippen LogP contribution in [-0.2, 0) is 9.53 Å². The van der Waals surface area contributed by atoms with Gasteiger partial charge < -0.3 is 9.30 Å². The number of benzene rings is 2. The summed E-state index contributed by atoms with van der Waals surface area (Å²) >= 11 is 6.76. The molecule has 0 unspecified atom stereocenters. The Hall–Kier alpha value is -3.16. The summed E-state index contributed by atoms with van der Waals surface area (Å²) in [5, 5.41) is 0. The Bertz CT molecular complexity index is 1230. The number of nitrogens with zero attached hydrogens (tertiary/aromatic N) is 2. The lowest BCUT2D eigenvalue weighted by Gasteiger charge is -2.13. The quantitative estimate of drug-likeness (QED) is 0.309. The first-order valence-corrected chi connectivity index (χ1v) is 10.8. The number of aryl methyl sites for hydroxylation is 1. The molecule has 2 heterocycles. The highest BCUT2D eigenvalue weighted by atomic mass is 32.2. The van der Waals surface area contributed by atoms with Gasteiger partial charge in [0.1, 0.15) is 0 Å². The molecule has 0 atom stereocenters. The van der Waals surface area contributed by atoms with Crippen molar-refractivity contribution in [2.45, 2.75) is 13.8 Å². The number of esters is 1. The van der Waals surface area contributed by atoms with Gasteiger partial charge in [-0.25, -0.2) is 4.79 Å². The minimum absolute atomic E-state index is 0.126. The molecule has 2 aromatic carbocycles. The Morgan fingerprint density at radius 1 is 1.03 bits per heavy atom. The Kier molecular flexibility index (Phi) is 5.80. The van der Waals surface area contributed by atoms with Crippen molar-refractivity contribution < 1.29 is 14.3 Å². The molecule has 5 nitrogen and oxygen atoms in total. The number of hydrogen-bond donors (Lipinski definition) is 0. The van der Waals surface area contributed by atoms with Crippen molar-refractivity contribution in [1.29, 1.82) is 0 Å². The molecule has 156 valence electrons. The molecule has 31 heavy (non-hydrogen) atoms. The van der Waals surface area contributed by atoms with Gasteiger partial charge >= 0.3 is 5.97 Å². The number of aromatic nitrogens is 1. The highest BCUT2D eigenvalue weighted by Gasteiger charge is 2.33. The predicted molar refractivity (Wildman–Crippen MR) is 129 cm³/mol. The van der Waals surface area contributed by atoms with Crippen molar-refractivity contribution in [3.63, 3.8) is 0 Å². The van der Waals surface area contributed by atoms with E-state index in [1.807, 2.05) is 68.5 Å². The number of amides is 1. The van der Waals surface area contributed by atoms with E-state index in [1.165, 1.54) is 18.9 Å². The SMILES string of the molecule is COC(=O)c1cccc(-n2c(C)cc(/C=C3/SC(=S)N(c4ccccc4)C3=O)c2C)c1. The molecule has 1 amide bonds. The van der Waals surface area contributed by atoms with E-state index in [2.05, 4.69) is 4.57 Å². The van der Waals surface area contributed by atoms with Crippen LogP contribution in [0.3, 0.4) is 0 Å². The number of methoxy groups -OCH3 is 1. The van der Waals surface area contributed by atoms with Gasteiger partial charge in [-0.3, -0.25) is 9.69 Å². The zero-order valence-corrected chi connectivity index (χ0v) is 18.9. The Morgan fingerprint density at radius 2 is 1.74 bits per heavy atom. The Balaban J connectivity index is 1.70. The third kappa shape index (κ3) is 3.94. The number of ether oxygens (including phenoxy) is 1. The maximum Gasteiger partial charge on any atom is 0.337 e. The second-order valence-electron chi connectivity index (χ2n) is 7.06. The fraction of sp³-hybridized carbons (Fsp3) is 0.125. The molecule has 7 heteroatoms. The summed E-state index contributed by atoms with van der Waals surface area (Å²) in [4.78, 5) is 27.1. The molecule has 1 fully saturated rings. The third-order valence-corrected chi connectivity index (χ3v) is 6.39. The fourth-order valence-electron chi connectivity index (χ4n) is 3.63. The maximum atomic E-state index is 13.0. The Labute approximate surface area is 190 Å². The predicted octanol–water partition coefficient (Wildman–Crippen LogP) is 5.29. The normalized spacial score (nSPS) is 15.1. The van der Waals surface area contributed by atoms with Crippen molar-refractivity contribution in [3.8, 4) is 5.69 Å². The topological polar surface area (TPSA) is 51.5 Å². The number of thioether (sulfide) groups is 1. The van der Waals surface area contributed by atoms with E-state index < -0.39 is 0 Å². The van der Waals surface area contributed by atoms with E-state index in [4.69, 9.17) is 17.0 Å². The van der Waals surface area contributed by atoms with Gasteiger partial charge in [-0.2, -0.15) is 0 Å². The third-order valence-electron chi connectivity index (χ3n) is 5.09. The lowest BCUT2D eigenvalue weighted by molar-refractivity contribution is -0.113. The molecular weight excluding hydrogens is 428 g/mol. The summed E-state index contributed by atoms with van der Waals surface area (Å²) in [6.07, 6.45) is 1.88. The molecule has 1 aliphatic rings. The zero-order valence-electron chi connectivity index (χ0n) is 17.3. The molecule has 0 spiro atoms. The highest BCUT2D eigenvalue weighted by Crippen LogP contribution is 2.36. The summed E-state index contributed by atoms with van der Waals surface area (Å²) in [7, 11) is 1.37. The van der Waals surface area contributed by atoms with E-state index in [1.54, 1.807) is 17.0 Å². The van der Waals surface area contributed by atoms with Crippen LogP contribution in [0.4, 0.5) is 5.69 Å². The minimum atomic E-state index is -0.380. The average Bonchev–Trinajstić information content (AvgIpc) is 3.22. The smallest absolute Gasteiger partial charge is 0.337 e. The van der Waals surface area contributed by atoms with Crippen LogP contribution < -0.4 is 4.90 Å². The first kappa shape index (κ1) is 21.1. The van der Waals surface area contributed by atoms with Crippen LogP contribution in [0.2, 0.25) is 0 Å². The number of para-hydroxylation sites is 1. The summed E-state index contributed by atoms with van der Waals surface area (Å²) < 4.78 is 7.40. The van der Waals surface area contributed by atoms with E-state index in [0.717, 1.165) is 28.3 Å². The van der Waals surface area contributed by atoms with Gasteiger partial charge in [-0.1, -0.05) is 48.2 Å². The average molecular weight is 449 g/mol. The van der Waals surface area contributed by atoms with Gasteiger partial charge in [-0.05, 0) is 61.9 Å². The van der Waals surface area contributed by atoms with Crippen LogP contribution in [0.5, 0.6) is 0 Å². The van der Waals surface area contributed by atoms with Gasteiger partial charge in [-0.15, -0.1) is 0 Å². The lowest BCUT2D eigenvalue weighted by Crippen LogP contribution is -2.27. The summed E-state index contributed by atoms with van der Waals surface area (Å²) in [6.45, 7) is 3.98. The molecule has 0 radical (unpaired) electrons. The monoisotopic (exact) mass is 448 g/mol. The second kappa shape index (κ2) is 8.53. The number of hydrogen-bond acceptors (Lipinski definition) is 5. The molecule has 3 aromatic rings. The van der Waals surface area contributed by atoms with Crippen molar-refractivity contribution >= 4 is 51.9 Å². The minimum Gasteiger partial charge on any atom is -0.465 e. The van der Waals surface area contributed by atoms with E-state index in [9.17, 15) is 9.59 Å². The summed E-state index contributed by atoms with van der Waals surface area (Å²) in [6, 6.07) is 18.7. The van der Waals surface area contributed by atoms with E-state index in [0.29, 0.717) is 14.8 Å². The molecule has 4 rings (SSSR count). The molecular formula is C24H20N2O3S2. The van der Waals surface area contributed by atoms with Gasteiger partial charge in [0.05, 0.1) is 23.3 Å². The molecule has 0 bridgehead atoms. The molecule has 1 aliphatic heterocycles. The van der Waals surface area contributed by atoms with Crippen molar-refractivity contribution in [2.75, 3.05) is 12.0 Å². The Morgan fingerprint density at radius 3 is 2.45 bits per heavy atom. The number of thiocarbonyl (C=S) groups is 1. The molecule has 0 aliphatic carbocycles. The summed E-state index contributed by atoms with van der Waals surface area (Å²) in [5.41, 5.74) is 4.98. The van der Waals surface area contributed by atoms with Crippen LogP contribution in [0.15, 0.2) is 65.6 Å². The number of carbonyl (C=O) groups excluding carboxylic acids is 2. The molecule has 1 aromatic heterocycles. The van der Waals surface area contributed by atoms with Crippen LogP contribution >= 0.6 is 24.0 Å². The first-order chi connectivity index (χ1) is 14.9. The van der Waals surface area contributed by atoms with Crippen LogP contribution in [0, 0.1) is 13.8 Å². The van der Waals surface area contributed by atoms with Crippen LogP contribution in [0.25, 0.3) is 11.8 Å². The lowest BCUT2D eigenvalue weighted by atomic mass is 10.2. The summed E-state index contributed by atoms with van der Waals surface area (Å²) in [5.74, 6) is -0.507. The first-order valence-electron chi connectivity index (χ1n) is 9.61. The zero-order chi connectivity index (χ0) is 22.1. The van der Waals surface area contributed by atoms with Crippen molar-refractivity contribution in [3.05, 3.63) is 88.1 Å². The number of rotatable bonds is 4. The van der Waals surface area contributed by atoms with E-state index >= 15 is 0 Å². The maximum absolute atomic E-state index is 13.0. The molecule has 1 saturated heterocycles. The molecule has 0 N–H and O–H groups in total. The van der Waals surface area contributed by atoms with Gasteiger partial charge in [0.15, 0.2) is 4.32 Å². The van der Waals surface area contributed by atoms with Gasteiger partial charge in [0, 0.05) is 17.1 Å². The van der Waals surface area contributed by atoms with Crippen LogP contribution in [0.1, 0.15) is 27.3 Å². The van der Waals surface area contributed by atoms with Crippen molar-refractivity contribution in [2.24, 2.45) is 0 Å². The number of carbonyl (C=O) groups is 2. The van der Waals surface area contributed by atoms with Crippen molar-refractivity contribution in [1.82, 2.24) is 4.57 Å². The largest absolute Gasteiger partial charge is 0.465 e. The highest BCUT2D eigenvalue weighted by molar-refractivity contribution is 8.27. The van der Waals surface area contributed by atoms with E-state index in [-0.39, 0.29) is 11.9 Å².